The van der Waals surface area contributed by atoms with Crippen LogP contribution in [0.2, 0.25) is 0 Å². The Bertz CT molecular complexity index is 1200. The first-order chi connectivity index (χ1) is 15.8. The minimum absolute atomic E-state index is 0.115. The first-order valence-electron chi connectivity index (χ1n) is 10.6. The molecule has 8 nitrogen and oxygen atoms in total. The summed E-state index contributed by atoms with van der Waals surface area (Å²) in [4.78, 5) is 15.1. The van der Waals surface area contributed by atoms with Gasteiger partial charge in [-0.25, -0.2) is 0 Å². The molecule has 2 aromatic heterocycles. The molecule has 164 valence electrons. The normalized spacial score (nSPS) is 14.6. The summed E-state index contributed by atoms with van der Waals surface area (Å²) >= 11 is 2.52. The summed E-state index contributed by atoms with van der Waals surface area (Å²) in [7, 11) is 0. The number of carbonyl (C=O) groups is 1. The fourth-order valence-electron chi connectivity index (χ4n) is 3.87. The summed E-state index contributed by atoms with van der Waals surface area (Å²) < 4.78 is 10.6. The van der Waals surface area contributed by atoms with Crippen LogP contribution in [0, 0.1) is 0 Å². The van der Waals surface area contributed by atoms with Gasteiger partial charge in [0.2, 0.25) is 5.91 Å². The van der Waals surface area contributed by atoms with Gasteiger partial charge in [-0.15, -0.1) is 10.2 Å². The van der Waals surface area contributed by atoms with E-state index in [1.807, 2.05) is 48.5 Å². The van der Waals surface area contributed by atoms with Crippen molar-refractivity contribution in [3.63, 3.8) is 0 Å². The van der Waals surface area contributed by atoms with E-state index < -0.39 is 0 Å². The number of fused-ring (bicyclic) bond motifs is 1. The molecule has 2 aromatic carbocycles. The molecule has 0 spiro atoms. The molecule has 1 N–H and O–H groups in total. The van der Waals surface area contributed by atoms with Gasteiger partial charge < -0.3 is 5.32 Å². The fraction of sp³-hybridized carbons (Fsp3) is 0.318. The third kappa shape index (κ3) is 4.67. The second-order valence-electron chi connectivity index (χ2n) is 7.68. The summed E-state index contributed by atoms with van der Waals surface area (Å²) in [5.41, 5.74) is 3.18. The van der Waals surface area contributed by atoms with Crippen molar-refractivity contribution >= 4 is 46.1 Å². The lowest BCUT2D eigenvalue weighted by atomic mass is 10.1. The number of nitrogens with zero attached hydrogens (tertiary/aromatic N) is 6. The van der Waals surface area contributed by atoms with Gasteiger partial charge in [-0.1, -0.05) is 42.4 Å². The fourth-order valence-corrected chi connectivity index (χ4v) is 5.19. The molecule has 1 saturated heterocycles. The highest BCUT2D eigenvalue weighted by Gasteiger charge is 2.19. The van der Waals surface area contributed by atoms with Crippen LogP contribution < -0.4 is 5.32 Å². The number of aromatic nitrogens is 5. The summed E-state index contributed by atoms with van der Waals surface area (Å²) in [6.45, 7) is 2.93. The molecule has 1 amide bonds. The second-order valence-corrected chi connectivity index (χ2v) is 9.15. The Balaban J connectivity index is 1.32. The Labute approximate surface area is 194 Å². The predicted molar refractivity (Wildman–Crippen MR) is 127 cm³/mol. The molecule has 3 heterocycles. The number of nitrogens with one attached hydrogen (secondary N) is 1. The van der Waals surface area contributed by atoms with Crippen molar-refractivity contribution in [3.05, 3.63) is 54.4 Å². The van der Waals surface area contributed by atoms with Gasteiger partial charge in [-0.3, -0.25) is 14.3 Å². The van der Waals surface area contributed by atoms with Gasteiger partial charge in [0.1, 0.15) is 11.0 Å². The van der Waals surface area contributed by atoms with E-state index >= 15 is 0 Å². The van der Waals surface area contributed by atoms with E-state index in [4.69, 9.17) is 0 Å². The molecular formula is C22H23N7OS2. The van der Waals surface area contributed by atoms with Crippen LogP contribution in [0.15, 0.2) is 53.7 Å². The molecule has 1 fully saturated rings. The van der Waals surface area contributed by atoms with E-state index in [0.29, 0.717) is 16.4 Å². The van der Waals surface area contributed by atoms with Crippen molar-refractivity contribution in [1.82, 2.24) is 28.4 Å². The van der Waals surface area contributed by atoms with Crippen LogP contribution in [0.1, 0.15) is 25.1 Å². The maximum absolute atomic E-state index is 12.7. The first-order valence-corrected chi connectivity index (χ1v) is 12.4. The molecule has 32 heavy (non-hydrogen) atoms. The molecule has 4 aromatic rings. The number of thioether (sulfide) groups is 1. The molecule has 1 aliphatic rings. The zero-order valence-corrected chi connectivity index (χ0v) is 19.1. The number of piperidine rings is 1. The minimum atomic E-state index is -0.115. The maximum atomic E-state index is 12.7. The van der Waals surface area contributed by atoms with Gasteiger partial charge in [0, 0.05) is 5.69 Å². The van der Waals surface area contributed by atoms with Crippen LogP contribution in [0.25, 0.3) is 16.7 Å². The van der Waals surface area contributed by atoms with Crippen LogP contribution in [0.4, 0.5) is 5.69 Å². The van der Waals surface area contributed by atoms with Crippen LogP contribution in [-0.4, -0.2) is 53.2 Å². The number of benzene rings is 2. The Morgan fingerprint density at radius 1 is 1.00 bits per heavy atom. The highest BCUT2D eigenvalue weighted by molar-refractivity contribution is 7.99. The lowest BCUT2D eigenvalue weighted by molar-refractivity contribution is -0.113. The van der Waals surface area contributed by atoms with E-state index in [0.717, 1.165) is 48.4 Å². The van der Waals surface area contributed by atoms with Crippen molar-refractivity contribution in [2.75, 3.05) is 24.2 Å². The number of rotatable bonds is 7. The van der Waals surface area contributed by atoms with Gasteiger partial charge in [0.05, 0.1) is 29.7 Å². The molecule has 0 unspecified atom stereocenters. The standard InChI is InChI=1S/C22H23N7OS2/c30-20(23-17-10-7-11-18-21(17)27-32-26-18)15-31-22-25-24-19(14-28-12-5-2-6-13-28)29(22)16-8-3-1-4-9-16/h1,3-4,7-11H,2,5-6,12-15H2,(H,23,30). The zero-order valence-electron chi connectivity index (χ0n) is 17.5. The molecule has 0 aliphatic carbocycles. The zero-order chi connectivity index (χ0) is 21.8. The smallest absolute Gasteiger partial charge is 0.234 e. The lowest BCUT2D eigenvalue weighted by Crippen LogP contribution is -2.30. The maximum Gasteiger partial charge on any atom is 0.234 e. The van der Waals surface area contributed by atoms with E-state index in [9.17, 15) is 4.79 Å². The minimum Gasteiger partial charge on any atom is -0.323 e. The van der Waals surface area contributed by atoms with Crippen molar-refractivity contribution in [2.45, 2.75) is 31.0 Å². The number of hydrogen-bond acceptors (Lipinski definition) is 8. The van der Waals surface area contributed by atoms with E-state index in [-0.39, 0.29) is 11.7 Å². The van der Waals surface area contributed by atoms with E-state index in [1.165, 1.54) is 31.0 Å². The highest BCUT2D eigenvalue weighted by atomic mass is 32.2. The predicted octanol–water partition coefficient (Wildman–Crippen LogP) is 3.99. The van der Waals surface area contributed by atoms with Gasteiger partial charge in [-0.05, 0) is 50.2 Å². The van der Waals surface area contributed by atoms with Crippen LogP contribution in [0.5, 0.6) is 0 Å². The van der Waals surface area contributed by atoms with Crippen LogP contribution in [0.3, 0.4) is 0 Å². The summed E-state index contributed by atoms with van der Waals surface area (Å²) in [5, 5.41) is 12.6. The van der Waals surface area contributed by atoms with Crippen molar-refractivity contribution in [1.29, 1.82) is 0 Å². The summed E-state index contributed by atoms with van der Waals surface area (Å²) in [6.07, 6.45) is 3.74. The van der Waals surface area contributed by atoms with Gasteiger partial charge in [0.15, 0.2) is 11.0 Å². The average Bonchev–Trinajstić information content (AvgIpc) is 3.47. The number of amides is 1. The van der Waals surface area contributed by atoms with Crippen LogP contribution >= 0.6 is 23.5 Å². The quantitative estimate of drug-likeness (QED) is 0.413. The molecule has 0 atom stereocenters. The van der Waals surface area contributed by atoms with E-state index in [2.05, 4.69) is 33.7 Å². The number of hydrogen-bond donors (Lipinski definition) is 1. The Hall–Kier alpha value is -2.82. The Morgan fingerprint density at radius 2 is 1.84 bits per heavy atom. The molecule has 1 aliphatic heterocycles. The van der Waals surface area contributed by atoms with E-state index in [1.54, 1.807) is 0 Å². The van der Waals surface area contributed by atoms with Crippen molar-refractivity contribution in [3.8, 4) is 5.69 Å². The third-order valence-electron chi connectivity index (χ3n) is 5.42. The first kappa shape index (κ1) is 21.0. The number of para-hydroxylation sites is 1. The highest BCUT2D eigenvalue weighted by Crippen LogP contribution is 2.25. The van der Waals surface area contributed by atoms with Crippen LogP contribution in [-0.2, 0) is 11.3 Å². The second kappa shape index (κ2) is 9.76. The van der Waals surface area contributed by atoms with Crippen molar-refractivity contribution < 1.29 is 4.79 Å². The topological polar surface area (TPSA) is 88.8 Å². The Kier molecular flexibility index (Phi) is 6.42. The molecule has 5 rings (SSSR count). The van der Waals surface area contributed by atoms with Gasteiger partial charge in [-0.2, -0.15) is 8.75 Å². The lowest BCUT2D eigenvalue weighted by Gasteiger charge is -2.26. The molecule has 10 heteroatoms. The summed E-state index contributed by atoms with van der Waals surface area (Å²) in [5.74, 6) is 1.01. The average molecular weight is 466 g/mol. The van der Waals surface area contributed by atoms with Gasteiger partial charge in [0.25, 0.3) is 0 Å². The number of likely N-dealkylation sites (tertiary alicyclic amines) is 1. The monoisotopic (exact) mass is 465 g/mol. The number of anilines is 1. The molecular weight excluding hydrogens is 442 g/mol. The summed E-state index contributed by atoms with van der Waals surface area (Å²) in [6, 6.07) is 15.7. The Morgan fingerprint density at radius 3 is 2.69 bits per heavy atom. The third-order valence-corrected chi connectivity index (χ3v) is 6.89. The SMILES string of the molecule is O=C(CSc1nnc(CN2CCCCC2)n1-c1ccccc1)Nc1cccc2nsnc12. The van der Waals surface area contributed by atoms with Gasteiger partial charge >= 0.3 is 0 Å². The largest absolute Gasteiger partial charge is 0.323 e. The van der Waals surface area contributed by atoms with Crippen molar-refractivity contribution in [2.24, 2.45) is 0 Å². The molecule has 0 radical (unpaired) electrons. The molecule has 0 bridgehead atoms. The molecule has 0 saturated carbocycles. The number of carbonyl (C=O) groups excluding carboxylic acids is 1.